The highest BCUT2D eigenvalue weighted by molar-refractivity contribution is 5.96. The third kappa shape index (κ3) is 1.45. The van der Waals surface area contributed by atoms with Gasteiger partial charge in [0, 0.05) is 5.56 Å². The van der Waals surface area contributed by atoms with E-state index in [0.29, 0.717) is 0 Å². The molecule has 0 unspecified atom stereocenters. The van der Waals surface area contributed by atoms with Gasteiger partial charge in [-0.1, -0.05) is 30.9 Å². The quantitative estimate of drug-likeness (QED) is 0.608. The van der Waals surface area contributed by atoms with Gasteiger partial charge in [-0.05, 0) is 25.0 Å². The van der Waals surface area contributed by atoms with E-state index in [9.17, 15) is 4.79 Å². The molecule has 0 N–H and O–H groups in total. The Balaban J connectivity index is 3.32. The van der Waals surface area contributed by atoms with Crippen molar-refractivity contribution in [3.8, 4) is 0 Å². The molecule has 0 aromatic heterocycles. The van der Waals surface area contributed by atoms with E-state index in [1.807, 2.05) is 25.1 Å². The minimum atomic E-state index is 0.108. The number of carbonyl (C=O) groups excluding carboxylic acids is 1. The lowest BCUT2D eigenvalue weighted by Gasteiger charge is -2.04. The van der Waals surface area contributed by atoms with Gasteiger partial charge in [0.05, 0.1) is 0 Å². The molecule has 1 nitrogen and oxygen atoms in total. The highest BCUT2D eigenvalue weighted by atomic mass is 16.1. The molecule has 0 spiro atoms. The van der Waals surface area contributed by atoms with Crippen LogP contribution in [0, 0.1) is 6.92 Å². The van der Waals surface area contributed by atoms with Crippen LogP contribution in [0.25, 0.3) is 6.08 Å². The average molecular weight is 160 g/mol. The van der Waals surface area contributed by atoms with Crippen molar-refractivity contribution in [2.75, 3.05) is 0 Å². The molecule has 0 bridgehead atoms. The number of hydrogen-bond acceptors (Lipinski definition) is 1. The Labute approximate surface area is 72.7 Å². The summed E-state index contributed by atoms with van der Waals surface area (Å²) in [5, 5.41) is 0. The van der Waals surface area contributed by atoms with Gasteiger partial charge in [0.25, 0.3) is 0 Å². The molecule has 0 saturated heterocycles. The Morgan fingerprint density at radius 3 is 2.67 bits per heavy atom. The predicted octanol–water partition coefficient (Wildman–Crippen LogP) is 2.84. The topological polar surface area (TPSA) is 17.1 Å². The summed E-state index contributed by atoms with van der Waals surface area (Å²) < 4.78 is 0. The number of ketones is 1. The predicted molar refractivity (Wildman–Crippen MR) is 51.3 cm³/mol. The Bertz CT molecular complexity index is 324. The van der Waals surface area contributed by atoms with Gasteiger partial charge >= 0.3 is 0 Å². The lowest BCUT2D eigenvalue weighted by Crippen LogP contribution is -1.97. The summed E-state index contributed by atoms with van der Waals surface area (Å²) in [5.74, 6) is 0.108. The van der Waals surface area contributed by atoms with Gasteiger partial charge in [-0.2, -0.15) is 0 Å². The maximum atomic E-state index is 11.1. The third-order valence-corrected chi connectivity index (χ3v) is 1.97. The number of carbonyl (C=O) groups is 1. The summed E-state index contributed by atoms with van der Waals surface area (Å²) in [6, 6.07) is 5.67. The minimum Gasteiger partial charge on any atom is -0.295 e. The summed E-state index contributed by atoms with van der Waals surface area (Å²) in [5.41, 5.74) is 2.83. The van der Waals surface area contributed by atoms with E-state index in [-0.39, 0.29) is 5.78 Å². The molecule has 0 amide bonds. The lowest BCUT2D eigenvalue weighted by atomic mass is 10.0. The smallest absolute Gasteiger partial charge is 0.160 e. The first kappa shape index (κ1) is 8.72. The maximum absolute atomic E-state index is 11.1. The molecular formula is C11H12O. The number of hydrogen-bond donors (Lipinski definition) is 0. The van der Waals surface area contributed by atoms with Crippen molar-refractivity contribution >= 4 is 11.9 Å². The number of Topliss-reactive ketones (excluding diaryl/α,β-unsaturated/α-hetero) is 1. The molecule has 1 aromatic rings. The third-order valence-electron chi connectivity index (χ3n) is 1.97. The van der Waals surface area contributed by atoms with Crippen LogP contribution in [0.2, 0.25) is 0 Å². The number of rotatable bonds is 2. The van der Waals surface area contributed by atoms with Crippen molar-refractivity contribution in [3.05, 3.63) is 41.5 Å². The Morgan fingerprint density at radius 2 is 2.17 bits per heavy atom. The zero-order chi connectivity index (χ0) is 9.14. The summed E-state index contributed by atoms with van der Waals surface area (Å²) >= 11 is 0. The van der Waals surface area contributed by atoms with Gasteiger partial charge < -0.3 is 0 Å². The second-order valence-corrected chi connectivity index (χ2v) is 2.78. The van der Waals surface area contributed by atoms with Crippen LogP contribution in [0.15, 0.2) is 24.8 Å². The van der Waals surface area contributed by atoms with Crippen LogP contribution in [0.3, 0.4) is 0 Å². The van der Waals surface area contributed by atoms with Crippen LogP contribution in [-0.4, -0.2) is 5.78 Å². The van der Waals surface area contributed by atoms with Gasteiger partial charge in [-0.3, -0.25) is 4.79 Å². The molecular weight excluding hydrogens is 148 g/mol. The van der Waals surface area contributed by atoms with Crippen LogP contribution < -0.4 is 0 Å². The van der Waals surface area contributed by atoms with Gasteiger partial charge in [-0.15, -0.1) is 0 Å². The van der Waals surface area contributed by atoms with Crippen molar-refractivity contribution in [2.45, 2.75) is 13.8 Å². The van der Waals surface area contributed by atoms with E-state index >= 15 is 0 Å². The Hall–Kier alpha value is -1.37. The molecule has 0 heterocycles. The first-order valence-corrected chi connectivity index (χ1v) is 3.90. The van der Waals surface area contributed by atoms with Gasteiger partial charge in [-0.25, -0.2) is 0 Å². The monoisotopic (exact) mass is 160 g/mol. The Kier molecular flexibility index (Phi) is 2.44. The molecule has 0 aliphatic carbocycles. The van der Waals surface area contributed by atoms with Crippen molar-refractivity contribution < 1.29 is 4.79 Å². The lowest BCUT2D eigenvalue weighted by molar-refractivity contribution is 0.101. The van der Waals surface area contributed by atoms with Crippen molar-refractivity contribution in [3.63, 3.8) is 0 Å². The SMILES string of the molecule is C=Cc1cccc(C(C)=O)c1C. The second-order valence-electron chi connectivity index (χ2n) is 2.78. The first-order valence-electron chi connectivity index (χ1n) is 3.90. The van der Waals surface area contributed by atoms with Crippen molar-refractivity contribution in [1.82, 2.24) is 0 Å². The van der Waals surface area contributed by atoms with Crippen molar-refractivity contribution in [1.29, 1.82) is 0 Å². The molecule has 1 rings (SSSR count). The van der Waals surface area contributed by atoms with Crippen LogP contribution >= 0.6 is 0 Å². The standard InChI is InChI=1S/C11H12O/c1-4-10-6-5-7-11(8(10)2)9(3)12/h4-7H,1H2,2-3H3. The summed E-state index contributed by atoms with van der Waals surface area (Å²) in [6.07, 6.45) is 1.77. The highest BCUT2D eigenvalue weighted by Crippen LogP contribution is 2.14. The molecule has 0 fully saturated rings. The van der Waals surface area contributed by atoms with Crippen LogP contribution in [0.5, 0.6) is 0 Å². The molecule has 0 radical (unpaired) electrons. The second kappa shape index (κ2) is 3.35. The Morgan fingerprint density at radius 1 is 1.50 bits per heavy atom. The zero-order valence-electron chi connectivity index (χ0n) is 7.42. The molecule has 0 aliphatic rings. The summed E-state index contributed by atoms with van der Waals surface area (Å²) in [4.78, 5) is 11.1. The highest BCUT2D eigenvalue weighted by Gasteiger charge is 2.04. The molecule has 0 aliphatic heterocycles. The van der Waals surface area contributed by atoms with E-state index in [2.05, 4.69) is 6.58 Å². The van der Waals surface area contributed by atoms with E-state index in [1.54, 1.807) is 13.0 Å². The van der Waals surface area contributed by atoms with E-state index in [4.69, 9.17) is 0 Å². The zero-order valence-corrected chi connectivity index (χ0v) is 7.42. The van der Waals surface area contributed by atoms with Crippen LogP contribution in [0.4, 0.5) is 0 Å². The largest absolute Gasteiger partial charge is 0.295 e. The molecule has 0 saturated carbocycles. The molecule has 62 valence electrons. The average Bonchev–Trinajstić information content (AvgIpc) is 2.04. The molecule has 0 atom stereocenters. The van der Waals surface area contributed by atoms with Crippen molar-refractivity contribution in [2.24, 2.45) is 0 Å². The fourth-order valence-electron chi connectivity index (χ4n) is 1.26. The van der Waals surface area contributed by atoms with Gasteiger partial charge in [0.2, 0.25) is 0 Å². The normalized spacial score (nSPS) is 9.50. The fraction of sp³-hybridized carbons (Fsp3) is 0.182. The van der Waals surface area contributed by atoms with Gasteiger partial charge in [0.15, 0.2) is 5.78 Å². The van der Waals surface area contributed by atoms with E-state index < -0.39 is 0 Å². The minimum absolute atomic E-state index is 0.108. The van der Waals surface area contributed by atoms with E-state index in [1.165, 1.54) is 0 Å². The molecule has 1 aromatic carbocycles. The first-order chi connectivity index (χ1) is 5.66. The molecule has 12 heavy (non-hydrogen) atoms. The maximum Gasteiger partial charge on any atom is 0.160 e. The van der Waals surface area contributed by atoms with E-state index in [0.717, 1.165) is 16.7 Å². The van der Waals surface area contributed by atoms with Crippen LogP contribution in [-0.2, 0) is 0 Å². The summed E-state index contributed by atoms with van der Waals surface area (Å²) in [6.45, 7) is 7.20. The molecule has 1 heteroatoms. The number of benzene rings is 1. The van der Waals surface area contributed by atoms with Gasteiger partial charge in [0.1, 0.15) is 0 Å². The summed E-state index contributed by atoms with van der Waals surface area (Å²) in [7, 11) is 0. The van der Waals surface area contributed by atoms with Crippen LogP contribution in [0.1, 0.15) is 28.4 Å². The fourth-order valence-corrected chi connectivity index (χ4v) is 1.26.